The standard InChI is InChI=1S/C20H34O4/c1-4-7-14-23-19(21)17(11-6-3)18(16-12-9-10-13-16)20(22)24-15-8-5-2/h17H,4-15H2,1-3H3. The van der Waals surface area contributed by atoms with Gasteiger partial charge in [0, 0.05) is 0 Å². The second-order valence-corrected chi connectivity index (χ2v) is 6.58. The van der Waals surface area contributed by atoms with E-state index in [1.165, 1.54) is 0 Å². The number of unbranched alkanes of at least 4 members (excludes halogenated alkanes) is 2. The van der Waals surface area contributed by atoms with Gasteiger partial charge < -0.3 is 9.47 Å². The van der Waals surface area contributed by atoms with Gasteiger partial charge >= 0.3 is 11.9 Å². The van der Waals surface area contributed by atoms with Gasteiger partial charge in [0.25, 0.3) is 0 Å². The summed E-state index contributed by atoms with van der Waals surface area (Å²) in [5.74, 6) is -1.02. The highest BCUT2D eigenvalue weighted by Crippen LogP contribution is 2.33. The van der Waals surface area contributed by atoms with Crippen molar-refractivity contribution in [3.63, 3.8) is 0 Å². The number of esters is 2. The number of rotatable bonds is 11. The average molecular weight is 338 g/mol. The van der Waals surface area contributed by atoms with Gasteiger partial charge in [0.15, 0.2) is 0 Å². The minimum Gasteiger partial charge on any atom is -0.465 e. The molecule has 1 rings (SSSR count). The topological polar surface area (TPSA) is 52.6 Å². The Kier molecular flexibility index (Phi) is 10.4. The Labute approximate surface area is 147 Å². The van der Waals surface area contributed by atoms with Crippen LogP contribution < -0.4 is 0 Å². The third-order valence-corrected chi connectivity index (χ3v) is 4.49. The number of hydrogen-bond donors (Lipinski definition) is 0. The molecule has 138 valence electrons. The number of allylic oxidation sites excluding steroid dienone is 1. The van der Waals surface area contributed by atoms with Crippen molar-refractivity contribution in [1.82, 2.24) is 0 Å². The van der Waals surface area contributed by atoms with Crippen molar-refractivity contribution in [2.45, 2.75) is 85.0 Å². The second-order valence-electron chi connectivity index (χ2n) is 6.58. The van der Waals surface area contributed by atoms with E-state index < -0.39 is 5.92 Å². The molecule has 0 radical (unpaired) electrons. The van der Waals surface area contributed by atoms with Gasteiger partial charge in [-0.1, -0.05) is 45.6 Å². The number of hydrogen-bond acceptors (Lipinski definition) is 4. The Balaban J connectivity index is 2.92. The van der Waals surface area contributed by atoms with Crippen molar-refractivity contribution >= 4 is 11.9 Å². The Bertz CT molecular complexity index is 417. The Morgan fingerprint density at radius 1 is 0.917 bits per heavy atom. The highest BCUT2D eigenvalue weighted by molar-refractivity contribution is 5.96. The van der Waals surface area contributed by atoms with Gasteiger partial charge in [-0.15, -0.1) is 0 Å². The van der Waals surface area contributed by atoms with E-state index >= 15 is 0 Å². The molecule has 0 aromatic carbocycles. The molecule has 1 fully saturated rings. The molecule has 1 unspecified atom stereocenters. The molecule has 4 nitrogen and oxygen atoms in total. The van der Waals surface area contributed by atoms with Crippen LogP contribution in [0.5, 0.6) is 0 Å². The maximum absolute atomic E-state index is 12.7. The maximum atomic E-state index is 12.7. The highest BCUT2D eigenvalue weighted by atomic mass is 16.5. The molecular formula is C20H34O4. The van der Waals surface area contributed by atoms with E-state index in [4.69, 9.17) is 9.47 Å². The Morgan fingerprint density at radius 3 is 2.04 bits per heavy atom. The molecular weight excluding hydrogens is 304 g/mol. The quantitative estimate of drug-likeness (QED) is 0.303. The van der Waals surface area contributed by atoms with Crippen molar-refractivity contribution in [3.8, 4) is 0 Å². The molecule has 0 bridgehead atoms. The van der Waals surface area contributed by atoms with Crippen molar-refractivity contribution in [2.75, 3.05) is 13.2 Å². The molecule has 0 spiro atoms. The minimum atomic E-state index is -0.464. The maximum Gasteiger partial charge on any atom is 0.334 e. The van der Waals surface area contributed by atoms with Crippen molar-refractivity contribution < 1.29 is 19.1 Å². The number of carbonyl (C=O) groups is 2. The second kappa shape index (κ2) is 12.1. The lowest BCUT2D eigenvalue weighted by atomic mass is 9.89. The van der Waals surface area contributed by atoms with Gasteiger partial charge in [0.2, 0.25) is 0 Å². The van der Waals surface area contributed by atoms with Crippen LogP contribution in [0.3, 0.4) is 0 Å². The largest absolute Gasteiger partial charge is 0.465 e. The van der Waals surface area contributed by atoms with E-state index in [0.717, 1.165) is 63.4 Å². The monoisotopic (exact) mass is 338 g/mol. The van der Waals surface area contributed by atoms with Gasteiger partial charge in [-0.25, -0.2) is 4.79 Å². The fourth-order valence-electron chi connectivity index (χ4n) is 3.08. The normalized spacial score (nSPS) is 15.2. The third kappa shape index (κ3) is 6.66. The molecule has 0 amide bonds. The van der Waals surface area contributed by atoms with E-state index in [1.54, 1.807) is 0 Å². The van der Waals surface area contributed by atoms with E-state index in [1.807, 2.05) is 6.92 Å². The molecule has 1 saturated carbocycles. The van der Waals surface area contributed by atoms with Gasteiger partial charge in [-0.2, -0.15) is 0 Å². The smallest absolute Gasteiger partial charge is 0.334 e. The summed E-state index contributed by atoms with van der Waals surface area (Å²) in [6.07, 6.45) is 9.15. The predicted molar refractivity (Wildman–Crippen MR) is 95.6 cm³/mol. The van der Waals surface area contributed by atoms with Crippen LogP contribution in [0.25, 0.3) is 0 Å². The molecule has 4 heteroatoms. The van der Waals surface area contributed by atoms with Gasteiger partial charge in [0.1, 0.15) is 0 Å². The molecule has 0 saturated heterocycles. The zero-order valence-corrected chi connectivity index (χ0v) is 15.7. The summed E-state index contributed by atoms with van der Waals surface area (Å²) in [5, 5.41) is 0. The van der Waals surface area contributed by atoms with Crippen LogP contribution in [0.4, 0.5) is 0 Å². The first-order valence-electron chi connectivity index (χ1n) is 9.71. The molecule has 1 aliphatic carbocycles. The SMILES string of the molecule is CCCCOC(=O)C(=C1CCCC1)C(CCC)C(=O)OCCCC. The first-order chi connectivity index (χ1) is 11.7. The van der Waals surface area contributed by atoms with Gasteiger partial charge in [-0.05, 0) is 44.9 Å². The highest BCUT2D eigenvalue weighted by Gasteiger charge is 2.32. The minimum absolute atomic E-state index is 0.257. The van der Waals surface area contributed by atoms with Crippen LogP contribution in [-0.2, 0) is 19.1 Å². The Hall–Kier alpha value is -1.32. The van der Waals surface area contributed by atoms with Crippen LogP contribution in [0.1, 0.15) is 85.0 Å². The summed E-state index contributed by atoms with van der Waals surface area (Å²) in [7, 11) is 0. The van der Waals surface area contributed by atoms with E-state index in [0.29, 0.717) is 25.2 Å². The zero-order valence-electron chi connectivity index (χ0n) is 15.7. The van der Waals surface area contributed by atoms with Crippen molar-refractivity contribution in [2.24, 2.45) is 5.92 Å². The van der Waals surface area contributed by atoms with E-state index in [2.05, 4.69) is 13.8 Å². The summed E-state index contributed by atoms with van der Waals surface area (Å²) in [5.41, 5.74) is 1.72. The third-order valence-electron chi connectivity index (χ3n) is 4.49. The van der Waals surface area contributed by atoms with Gasteiger partial charge in [0.05, 0.1) is 24.7 Å². The first kappa shape index (κ1) is 20.7. The van der Waals surface area contributed by atoms with Crippen molar-refractivity contribution in [1.29, 1.82) is 0 Å². The van der Waals surface area contributed by atoms with E-state index in [9.17, 15) is 9.59 Å². The van der Waals surface area contributed by atoms with Crippen LogP contribution >= 0.6 is 0 Å². The summed E-state index contributed by atoms with van der Waals surface area (Å²) in [6.45, 7) is 7.02. The summed E-state index contributed by atoms with van der Waals surface area (Å²) in [6, 6.07) is 0. The van der Waals surface area contributed by atoms with Gasteiger partial charge in [-0.3, -0.25) is 4.79 Å². The summed E-state index contributed by atoms with van der Waals surface area (Å²) < 4.78 is 10.9. The fraction of sp³-hybridized carbons (Fsp3) is 0.800. The lowest BCUT2D eigenvalue weighted by Gasteiger charge is -2.20. The predicted octanol–water partition coefficient (Wildman–Crippen LogP) is 4.96. The van der Waals surface area contributed by atoms with Crippen LogP contribution in [-0.4, -0.2) is 25.2 Å². The number of carbonyl (C=O) groups excluding carboxylic acids is 2. The number of ether oxygens (including phenoxy) is 2. The summed E-state index contributed by atoms with van der Waals surface area (Å²) >= 11 is 0. The molecule has 0 heterocycles. The molecule has 0 aliphatic heterocycles. The molecule has 1 aliphatic rings. The molecule has 24 heavy (non-hydrogen) atoms. The van der Waals surface area contributed by atoms with Crippen LogP contribution in [0, 0.1) is 5.92 Å². The lowest BCUT2D eigenvalue weighted by molar-refractivity contribution is -0.151. The molecule has 0 N–H and O–H groups in total. The zero-order chi connectivity index (χ0) is 17.8. The average Bonchev–Trinajstić information content (AvgIpc) is 3.09. The Morgan fingerprint density at radius 2 is 1.50 bits per heavy atom. The fourth-order valence-corrected chi connectivity index (χ4v) is 3.08. The van der Waals surface area contributed by atoms with Crippen LogP contribution in [0.2, 0.25) is 0 Å². The van der Waals surface area contributed by atoms with Crippen molar-refractivity contribution in [3.05, 3.63) is 11.1 Å². The first-order valence-corrected chi connectivity index (χ1v) is 9.71. The molecule has 0 aromatic heterocycles. The molecule has 0 aromatic rings. The van der Waals surface area contributed by atoms with Crippen LogP contribution in [0.15, 0.2) is 11.1 Å². The summed E-state index contributed by atoms with van der Waals surface area (Å²) in [4.78, 5) is 25.2. The lowest BCUT2D eigenvalue weighted by Crippen LogP contribution is -2.27. The molecule has 1 atom stereocenters. The van der Waals surface area contributed by atoms with E-state index in [-0.39, 0.29) is 11.9 Å².